The number of carbonyl (C=O) groups is 1. The van der Waals surface area contributed by atoms with Gasteiger partial charge in [-0.1, -0.05) is 6.92 Å². The number of amides is 1. The van der Waals surface area contributed by atoms with Gasteiger partial charge in [-0.2, -0.15) is 0 Å². The van der Waals surface area contributed by atoms with Gasteiger partial charge in [0.1, 0.15) is 0 Å². The Balaban J connectivity index is 2.23. The van der Waals surface area contributed by atoms with Gasteiger partial charge in [-0.25, -0.2) is 0 Å². The molecule has 0 unspecified atom stereocenters. The standard InChI is InChI=1S/C10H18ClNO/c1-8-2-4-9(5-3-8)10(13)12-7-6-11/h8-9H,2-7H2,1H3,(H,12,13). The first-order chi connectivity index (χ1) is 6.24. The molecular formula is C10H18ClNO. The molecule has 0 radical (unpaired) electrons. The van der Waals surface area contributed by atoms with Gasteiger partial charge < -0.3 is 5.32 Å². The first-order valence-corrected chi connectivity index (χ1v) is 5.61. The fraction of sp³-hybridized carbons (Fsp3) is 0.900. The van der Waals surface area contributed by atoms with Gasteiger partial charge in [-0.05, 0) is 31.6 Å². The van der Waals surface area contributed by atoms with Crippen molar-refractivity contribution in [3.63, 3.8) is 0 Å². The monoisotopic (exact) mass is 203 g/mol. The predicted octanol–water partition coefficient (Wildman–Crippen LogP) is 2.17. The average molecular weight is 204 g/mol. The Bertz CT molecular complexity index is 164. The molecule has 2 nitrogen and oxygen atoms in total. The summed E-state index contributed by atoms with van der Waals surface area (Å²) in [7, 11) is 0. The van der Waals surface area contributed by atoms with Crippen molar-refractivity contribution in [2.24, 2.45) is 11.8 Å². The number of nitrogens with one attached hydrogen (secondary N) is 1. The molecule has 0 spiro atoms. The molecule has 0 bridgehead atoms. The molecule has 1 fully saturated rings. The number of carbonyl (C=O) groups excluding carboxylic acids is 1. The van der Waals surface area contributed by atoms with Crippen LogP contribution in [0.15, 0.2) is 0 Å². The van der Waals surface area contributed by atoms with Crippen LogP contribution in [0.5, 0.6) is 0 Å². The molecule has 1 amide bonds. The minimum absolute atomic E-state index is 0.201. The summed E-state index contributed by atoms with van der Waals surface area (Å²) in [6, 6.07) is 0. The molecule has 1 aliphatic rings. The first kappa shape index (κ1) is 10.8. The Morgan fingerprint density at radius 2 is 2.00 bits per heavy atom. The zero-order valence-electron chi connectivity index (χ0n) is 8.18. The SMILES string of the molecule is CC1CCC(C(=O)NCCCl)CC1. The van der Waals surface area contributed by atoms with Gasteiger partial charge in [0.05, 0.1) is 0 Å². The van der Waals surface area contributed by atoms with E-state index in [1.165, 1.54) is 12.8 Å². The van der Waals surface area contributed by atoms with E-state index in [1.807, 2.05) is 0 Å². The Labute approximate surface area is 85.0 Å². The molecule has 1 aliphatic carbocycles. The third kappa shape index (κ3) is 3.55. The van der Waals surface area contributed by atoms with Gasteiger partial charge >= 0.3 is 0 Å². The predicted molar refractivity (Wildman–Crippen MR) is 54.9 cm³/mol. The zero-order valence-corrected chi connectivity index (χ0v) is 8.94. The van der Waals surface area contributed by atoms with Gasteiger partial charge in [-0.15, -0.1) is 11.6 Å². The summed E-state index contributed by atoms with van der Waals surface area (Å²) in [6.45, 7) is 2.86. The molecule has 13 heavy (non-hydrogen) atoms. The van der Waals surface area contributed by atoms with Crippen LogP contribution in [0.1, 0.15) is 32.6 Å². The maximum absolute atomic E-state index is 11.5. The molecule has 1 rings (SSSR count). The van der Waals surface area contributed by atoms with Gasteiger partial charge in [0.15, 0.2) is 0 Å². The van der Waals surface area contributed by atoms with Crippen molar-refractivity contribution in [3.8, 4) is 0 Å². The van der Waals surface area contributed by atoms with Gasteiger partial charge in [0, 0.05) is 18.3 Å². The normalized spacial score (nSPS) is 28.5. The number of halogens is 1. The quantitative estimate of drug-likeness (QED) is 0.700. The highest BCUT2D eigenvalue weighted by Gasteiger charge is 2.23. The lowest BCUT2D eigenvalue weighted by molar-refractivity contribution is -0.126. The average Bonchev–Trinajstić information content (AvgIpc) is 2.15. The van der Waals surface area contributed by atoms with Crippen molar-refractivity contribution in [2.45, 2.75) is 32.6 Å². The minimum Gasteiger partial charge on any atom is -0.355 e. The van der Waals surface area contributed by atoms with Crippen LogP contribution in [0, 0.1) is 11.8 Å². The second kappa shape index (κ2) is 5.48. The number of hydrogen-bond acceptors (Lipinski definition) is 1. The molecule has 1 N–H and O–H groups in total. The summed E-state index contributed by atoms with van der Waals surface area (Å²) in [5, 5.41) is 2.85. The fourth-order valence-corrected chi connectivity index (χ4v) is 1.93. The summed E-state index contributed by atoms with van der Waals surface area (Å²) >= 11 is 5.49. The molecule has 0 heterocycles. The van der Waals surface area contributed by atoms with Crippen LogP contribution in [0.3, 0.4) is 0 Å². The summed E-state index contributed by atoms with van der Waals surface area (Å²) in [6.07, 6.45) is 4.49. The van der Waals surface area contributed by atoms with Crippen molar-refractivity contribution >= 4 is 17.5 Å². The first-order valence-electron chi connectivity index (χ1n) is 5.07. The molecule has 1 saturated carbocycles. The van der Waals surface area contributed by atoms with Crippen LogP contribution in [0.2, 0.25) is 0 Å². The van der Waals surface area contributed by atoms with Crippen molar-refractivity contribution < 1.29 is 4.79 Å². The second-order valence-corrected chi connectivity index (χ2v) is 4.31. The maximum atomic E-state index is 11.5. The van der Waals surface area contributed by atoms with Gasteiger partial charge in [0.2, 0.25) is 5.91 Å². The summed E-state index contributed by atoms with van der Waals surface area (Å²) < 4.78 is 0. The number of rotatable bonds is 3. The summed E-state index contributed by atoms with van der Waals surface area (Å²) in [4.78, 5) is 11.5. The molecule has 3 heteroatoms. The lowest BCUT2D eigenvalue weighted by Gasteiger charge is -2.25. The van der Waals surface area contributed by atoms with E-state index in [2.05, 4.69) is 12.2 Å². The molecule has 76 valence electrons. The smallest absolute Gasteiger partial charge is 0.223 e. The van der Waals surface area contributed by atoms with Crippen LogP contribution in [0.4, 0.5) is 0 Å². The van der Waals surface area contributed by atoms with Crippen LogP contribution in [0.25, 0.3) is 0 Å². The maximum Gasteiger partial charge on any atom is 0.223 e. The fourth-order valence-electron chi connectivity index (χ4n) is 1.84. The highest BCUT2D eigenvalue weighted by Crippen LogP contribution is 2.28. The van der Waals surface area contributed by atoms with Crippen molar-refractivity contribution in [3.05, 3.63) is 0 Å². The van der Waals surface area contributed by atoms with Gasteiger partial charge in [0.25, 0.3) is 0 Å². The number of hydrogen-bond donors (Lipinski definition) is 1. The van der Waals surface area contributed by atoms with Gasteiger partial charge in [-0.3, -0.25) is 4.79 Å². The molecular weight excluding hydrogens is 186 g/mol. The van der Waals surface area contributed by atoms with Crippen molar-refractivity contribution in [2.75, 3.05) is 12.4 Å². The zero-order chi connectivity index (χ0) is 9.68. The van der Waals surface area contributed by atoms with E-state index in [0.717, 1.165) is 18.8 Å². The largest absolute Gasteiger partial charge is 0.355 e. The Kier molecular flexibility index (Phi) is 4.57. The Hall–Kier alpha value is -0.240. The highest BCUT2D eigenvalue weighted by atomic mass is 35.5. The molecule has 0 saturated heterocycles. The molecule has 0 aliphatic heterocycles. The van der Waals surface area contributed by atoms with Crippen LogP contribution >= 0.6 is 11.6 Å². The van der Waals surface area contributed by atoms with E-state index in [9.17, 15) is 4.79 Å². The third-order valence-electron chi connectivity index (χ3n) is 2.78. The van der Waals surface area contributed by atoms with Crippen LogP contribution in [-0.2, 0) is 4.79 Å². The topological polar surface area (TPSA) is 29.1 Å². The third-order valence-corrected chi connectivity index (χ3v) is 2.97. The molecule has 0 aromatic rings. The van der Waals surface area contributed by atoms with Crippen molar-refractivity contribution in [1.29, 1.82) is 0 Å². The lowest BCUT2D eigenvalue weighted by atomic mass is 9.82. The van der Waals surface area contributed by atoms with E-state index in [0.29, 0.717) is 12.4 Å². The highest BCUT2D eigenvalue weighted by molar-refractivity contribution is 6.18. The van der Waals surface area contributed by atoms with E-state index < -0.39 is 0 Å². The molecule has 0 aromatic carbocycles. The Morgan fingerprint density at radius 1 is 1.38 bits per heavy atom. The molecule has 0 atom stereocenters. The molecule has 0 aromatic heterocycles. The second-order valence-electron chi connectivity index (χ2n) is 3.94. The van der Waals surface area contributed by atoms with Crippen LogP contribution < -0.4 is 5.32 Å². The lowest BCUT2D eigenvalue weighted by Crippen LogP contribution is -2.33. The van der Waals surface area contributed by atoms with Crippen molar-refractivity contribution in [1.82, 2.24) is 5.32 Å². The van der Waals surface area contributed by atoms with Crippen LogP contribution in [-0.4, -0.2) is 18.3 Å². The van der Waals surface area contributed by atoms with E-state index in [4.69, 9.17) is 11.6 Å². The Morgan fingerprint density at radius 3 is 2.54 bits per heavy atom. The summed E-state index contributed by atoms with van der Waals surface area (Å²) in [5.41, 5.74) is 0. The van der Waals surface area contributed by atoms with E-state index >= 15 is 0 Å². The number of alkyl halides is 1. The summed E-state index contributed by atoms with van der Waals surface area (Å²) in [5.74, 6) is 1.76. The van der Waals surface area contributed by atoms with E-state index in [1.54, 1.807) is 0 Å². The minimum atomic E-state index is 0.201. The van der Waals surface area contributed by atoms with E-state index in [-0.39, 0.29) is 11.8 Å².